The fourth-order valence-corrected chi connectivity index (χ4v) is 8.16. The maximum Gasteiger partial charge on any atom is 0.254 e. The maximum absolute atomic E-state index is 14.9. The number of amides is 5. The molecule has 2 aliphatic rings. The molecule has 5 rings (SSSR count). The summed E-state index contributed by atoms with van der Waals surface area (Å²) in [5.74, 6) is -1.73. The minimum absolute atomic E-state index is 0.0334. The topological polar surface area (TPSA) is 222 Å². The van der Waals surface area contributed by atoms with Gasteiger partial charge in [0.05, 0.1) is 6.07 Å². The molecule has 62 heavy (non-hydrogen) atoms. The number of likely N-dealkylation sites (tertiary alicyclic amines) is 1. The molecule has 2 aliphatic heterocycles. The first-order valence-electron chi connectivity index (χ1n) is 21.8. The number of nitriles is 1. The van der Waals surface area contributed by atoms with Gasteiger partial charge in [0.25, 0.3) is 5.91 Å². The first-order chi connectivity index (χ1) is 29.9. The number of likely N-dealkylation sites (N-methyl/N-ethyl adjacent to an activating group) is 1. The zero-order valence-corrected chi connectivity index (χ0v) is 36.5. The van der Waals surface area contributed by atoms with Crippen molar-refractivity contribution in [2.24, 2.45) is 11.5 Å². The van der Waals surface area contributed by atoms with Gasteiger partial charge in [0, 0.05) is 49.8 Å². The number of carbonyl (C=O) groups excluding carboxylic acids is 5. The number of benzene rings is 3. The smallest absolute Gasteiger partial charge is 0.254 e. The lowest BCUT2D eigenvalue weighted by Gasteiger charge is -2.39. The molecule has 0 aliphatic carbocycles. The van der Waals surface area contributed by atoms with Gasteiger partial charge in [-0.2, -0.15) is 5.26 Å². The van der Waals surface area contributed by atoms with E-state index in [0.29, 0.717) is 58.7 Å². The van der Waals surface area contributed by atoms with Crippen LogP contribution in [-0.4, -0.2) is 104 Å². The number of rotatable bonds is 16. The van der Waals surface area contributed by atoms with Gasteiger partial charge < -0.3 is 46.7 Å². The van der Waals surface area contributed by atoms with E-state index in [0.717, 1.165) is 37.7 Å². The number of ether oxygens (including phenoxy) is 2. The third kappa shape index (κ3) is 11.7. The standard InChI is InChI=1S/C47H62N8O7/c1-5-6-7-8-11-32-13-16-35(30(2)26-32)46(59)55-23-10-9-12-39(55)47(60)54(4)42-34-15-18-41(62-25-21-50)37(29-34)36-27-33(14-17-40(36)61-24-20-49)28-38(44(57)51-22-19-48)53-43(56)31(3)52-45(42)58/h13-18,26-27,29,31,38-39,42H,5-12,20-25,28,49-50H2,1-4H3,(H,51,57)(H,52,58)(H,53,56)/t31-,38-,39-,42-/m0/s1. The van der Waals surface area contributed by atoms with Gasteiger partial charge in [0.2, 0.25) is 23.6 Å². The zero-order valence-electron chi connectivity index (χ0n) is 36.5. The first kappa shape index (κ1) is 47.1. The van der Waals surface area contributed by atoms with Gasteiger partial charge in [-0.1, -0.05) is 50.5 Å². The molecule has 0 unspecified atom stereocenters. The summed E-state index contributed by atoms with van der Waals surface area (Å²) in [6.45, 7) is 6.48. The van der Waals surface area contributed by atoms with Crippen molar-refractivity contribution in [2.45, 2.75) is 103 Å². The number of nitrogens with zero attached hydrogens (tertiary/aromatic N) is 3. The van der Waals surface area contributed by atoms with E-state index in [4.69, 9.17) is 26.2 Å². The largest absolute Gasteiger partial charge is 0.492 e. The van der Waals surface area contributed by atoms with E-state index >= 15 is 0 Å². The normalized spacial score (nSPS) is 19.0. The third-order valence-electron chi connectivity index (χ3n) is 11.4. The van der Waals surface area contributed by atoms with Gasteiger partial charge in [-0.15, -0.1) is 0 Å². The molecule has 4 bridgehead atoms. The molecule has 332 valence electrons. The Morgan fingerprint density at radius 1 is 0.919 bits per heavy atom. The van der Waals surface area contributed by atoms with E-state index in [1.807, 2.05) is 31.2 Å². The summed E-state index contributed by atoms with van der Waals surface area (Å²) in [7, 11) is 1.53. The summed E-state index contributed by atoms with van der Waals surface area (Å²) >= 11 is 0. The van der Waals surface area contributed by atoms with Crippen LogP contribution in [0, 0.1) is 18.3 Å². The van der Waals surface area contributed by atoms with Crippen LogP contribution in [0.1, 0.15) is 97.4 Å². The van der Waals surface area contributed by atoms with Crippen molar-refractivity contribution in [3.63, 3.8) is 0 Å². The first-order valence-corrected chi connectivity index (χ1v) is 21.8. The quantitative estimate of drug-likeness (QED) is 0.104. The molecule has 3 aromatic rings. The van der Waals surface area contributed by atoms with E-state index in [2.05, 4.69) is 28.9 Å². The molecule has 1 fully saturated rings. The Morgan fingerprint density at radius 2 is 1.63 bits per heavy atom. The highest BCUT2D eigenvalue weighted by atomic mass is 16.5. The highest BCUT2D eigenvalue weighted by Gasteiger charge is 2.40. The van der Waals surface area contributed by atoms with Crippen LogP contribution in [0.5, 0.6) is 11.5 Å². The van der Waals surface area contributed by atoms with Crippen LogP contribution in [0.25, 0.3) is 11.1 Å². The van der Waals surface area contributed by atoms with Crippen molar-refractivity contribution < 1.29 is 33.4 Å². The fourth-order valence-electron chi connectivity index (χ4n) is 8.16. The Hall–Kier alpha value is -5.98. The number of nitrogens with two attached hydrogens (primary N) is 2. The van der Waals surface area contributed by atoms with Crippen LogP contribution < -0.4 is 36.9 Å². The fraction of sp³-hybridized carbons (Fsp3) is 0.489. The van der Waals surface area contributed by atoms with E-state index in [1.54, 1.807) is 35.2 Å². The number of fused-ring (bicyclic) bond motifs is 5. The predicted molar refractivity (Wildman–Crippen MR) is 236 cm³/mol. The molecule has 15 nitrogen and oxygen atoms in total. The highest BCUT2D eigenvalue weighted by Crippen LogP contribution is 2.40. The minimum atomic E-state index is -1.29. The monoisotopic (exact) mass is 850 g/mol. The number of carbonyl (C=O) groups is 5. The van der Waals surface area contributed by atoms with Gasteiger partial charge in [-0.3, -0.25) is 24.0 Å². The second-order valence-electron chi connectivity index (χ2n) is 16.1. The number of hydrogen-bond acceptors (Lipinski definition) is 10. The van der Waals surface area contributed by atoms with Crippen molar-refractivity contribution >= 4 is 29.5 Å². The van der Waals surface area contributed by atoms with Crippen molar-refractivity contribution in [1.29, 1.82) is 5.26 Å². The molecule has 5 amide bonds. The van der Waals surface area contributed by atoms with E-state index in [1.165, 1.54) is 30.9 Å². The van der Waals surface area contributed by atoms with Crippen molar-refractivity contribution in [3.05, 3.63) is 82.4 Å². The van der Waals surface area contributed by atoms with Crippen LogP contribution in [0.3, 0.4) is 0 Å². The van der Waals surface area contributed by atoms with Gasteiger partial charge >= 0.3 is 0 Å². The zero-order chi connectivity index (χ0) is 44.8. The van der Waals surface area contributed by atoms with Gasteiger partial charge in [0.15, 0.2) is 0 Å². The summed E-state index contributed by atoms with van der Waals surface area (Å²) in [6, 6.07) is 13.8. The van der Waals surface area contributed by atoms with Gasteiger partial charge in [0.1, 0.15) is 55.4 Å². The van der Waals surface area contributed by atoms with Gasteiger partial charge in [-0.25, -0.2) is 0 Å². The molecule has 1 saturated heterocycles. The molecule has 4 atom stereocenters. The average molecular weight is 851 g/mol. The average Bonchev–Trinajstić information content (AvgIpc) is 3.27. The summed E-state index contributed by atoms with van der Waals surface area (Å²) < 4.78 is 12.2. The summed E-state index contributed by atoms with van der Waals surface area (Å²) in [4.78, 5) is 73.9. The summed E-state index contributed by atoms with van der Waals surface area (Å²) in [5.41, 5.74) is 16.3. The lowest BCUT2D eigenvalue weighted by molar-refractivity contribution is -0.144. The van der Waals surface area contributed by atoms with Gasteiger partial charge in [-0.05, 0) is 98.5 Å². The molecule has 0 spiro atoms. The number of piperidine rings is 1. The minimum Gasteiger partial charge on any atom is -0.492 e. The highest BCUT2D eigenvalue weighted by molar-refractivity contribution is 6.00. The SMILES string of the molecule is CCCCCCc1ccc(C(=O)N2CCCC[C@H]2C(=O)N(C)[C@@H]2C(=O)N[C@@H](C)C(=O)N[C@H](C(=O)NCC#N)Cc3ccc(OCCN)c(c3)-c3cc2ccc3OCCN)c(C)c1. The third-order valence-corrected chi connectivity index (χ3v) is 11.4. The number of aryl methyl sites for hydroxylation is 2. The van der Waals surface area contributed by atoms with E-state index in [9.17, 15) is 24.0 Å². The molecular formula is C47H62N8O7. The molecule has 3 aromatic carbocycles. The summed E-state index contributed by atoms with van der Waals surface area (Å²) in [5, 5.41) is 17.2. The Kier molecular flexibility index (Phi) is 17.3. The van der Waals surface area contributed by atoms with Crippen LogP contribution >= 0.6 is 0 Å². The predicted octanol–water partition coefficient (Wildman–Crippen LogP) is 3.84. The number of unbranched alkanes of at least 4 members (excludes halogenated alkanes) is 3. The molecule has 7 N–H and O–H groups in total. The van der Waals surface area contributed by atoms with Crippen molar-refractivity contribution in [1.82, 2.24) is 25.8 Å². The van der Waals surface area contributed by atoms with Crippen LogP contribution in [0.15, 0.2) is 54.6 Å². The van der Waals surface area contributed by atoms with Crippen LogP contribution in [-0.2, 0) is 32.0 Å². The second kappa shape index (κ2) is 22.7. The molecular weight excluding hydrogens is 789 g/mol. The van der Waals surface area contributed by atoms with Crippen molar-refractivity contribution in [3.8, 4) is 28.7 Å². The Balaban J connectivity index is 1.58. The lowest BCUT2D eigenvalue weighted by atomic mass is 9.93. The molecule has 2 heterocycles. The maximum atomic E-state index is 14.9. The lowest BCUT2D eigenvalue weighted by Crippen LogP contribution is -2.56. The Labute approximate surface area is 364 Å². The Bertz CT molecular complexity index is 2120. The van der Waals surface area contributed by atoms with Crippen LogP contribution in [0.4, 0.5) is 0 Å². The summed E-state index contributed by atoms with van der Waals surface area (Å²) in [6.07, 6.45) is 7.37. The number of nitrogens with one attached hydrogen (secondary N) is 3. The van der Waals surface area contributed by atoms with Crippen LogP contribution in [0.2, 0.25) is 0 Å². The van der Waals surface area contributed by atoms with Crippen molar-refractivity contribution in [2.75, 3.05) is 46.4 Å². The molecule has 15 heteroatoms. The number of hydrogen-bond donors (Lipinski definition) is 5. The molecule has 0 aromatic heterocycles. The van der Waals surface area contributed by atoms with E-state index in [-0.39, 0.29) is 45.2 Å². The molecule has 0 radical (unpaired) electrons. The Morgan fingerprint density at radius 3 is 2.31 bits per heavy atom. The molecule has 0 saturated carbocycles. The van der Waals surface area contributed by atoms with E-state index < -0.39 is 47.8 Å². The second-order valence-corrected chi connectivity index (χ2v) is 16.1.